The summed E-state index contributed by atoms with van der Waals surface area (Å²) >= 11 is 7.59. The molecule has 0 spiro atoms. The molecule has 0 aliphatic carbocycles. The Morgan fingerprint density at radius 3 is 2.84 bits per heavy atom. The van der Waals surface area contributed by atoms with Gasteiger partial charge in [0.2, 0.25) is 17.6 Å². The molecule has 32 heavy (non-hydrogen) atoms. The minimum atomic E-state index is -0.398. The third-order valence-electron chi connectivity index (χ3n) is 4.80. The zero-order chi connectivity index (χ0) is 22.5. The maximum Gasteiger partial charge on any atom is 0.249 e. The van der Waals surface area contributed by atoms with Crippen molar-refractivity contribution >= 4 is 28.8 Å². The van der Waals surface area contributed by atoms with Gasteiger partial charge in [0.25, 0.3) is 0 Å². The maximum absolute atomic E-state index is 12.7. The first-order chi connectivity index (χ1) is 15.5. The smallest absolute Gasteiger partial charge is 0.249 e. The van der Waals surface area contributed by atoms with Crippen molar-refractivity contribution in [2.45, 2.75) is 32.7 Å². The quantitative estimate of drug-likeness (QED) is 0.396. The van der Waals surface area contributed by atoms with E-state index < -0.39 is 6.04 Å². The molecule has 7 nitrogen and oxygen atoms in total. The number of aromatic nitrogens is 4. The average Bonchev–Trinajstić information content (AvgIpc) is 3.42. The van der Waals surface area contributed by atoms with Crippen molar-refractivity contribution in [2.24, 2.45) is 5.92 Å². The molecule has 0 saturated heterocycles. The van der Waals surface area contributed by atoms with Crippen molar-refractivity contribution in [2.75, 3.05) is 0 Å². The van der Waals surface area contributed by atoms with Crippen LogP contribution in [0.15, 0.2) is 58.7 Å². The minimum absolute atomic E-state index is 0.0648. The molecule has 1 atom stereocenters. The van der Waals surface area contributed by atoms with Gasteiger partial charge in [0, 0.05) is 34.8 Å². The van der Waals surface area contributed by atoms with Gasteiger partial charge >= 0.3 is 0 Å². The van der Waals surface area contributed by atoms with Gasteiger partial charge in [-0.25, -0.2) is 4.98 Å². The van der Waals surface area contributed by atoms with E-state index in [9.17, 15) is 4.79 Å². The molecule has 4 aromatic rings. The van der Waals surface area contributed by atoms with Crippen molar-refractivity contribution in [1.29, 1.82) is 0 Å². The van der Waals surface area contributed by atoms with Gasteiger partial charge in [-0.05, 0) is 35.7 Å². The third-order valence-corrected chi connectivity index (χ3v) is 5.93. The first-order valence-electron chi connectivity index (χ1n) is 10.2. The second-order valence-corrected chi connectivity index (χ2v) is 9.08. The average molecular weight is 468 g/mol. The molecule has 164 valence electrons. The zero-order valence-electron chi connectivity index (χ0n) is 17.7. The van der Waals surface area contributed by atoms with Crippen LogP contribution in [0.2, 0.25) is 5.02 Å². The molecule has 9 heteroatoms. The highest BCUT2D eigenvalue weighted by Gasteiger charge is 2.25. The van der Waals surface area contributed by atoms with Gasteiger partial charge in [0.05, 0.1) is 17.1 Å². The Kier molecular flexibility index (Phi) is 6.92. The predicted molar refractivity (Wildman–Crippen MR) is 123 cm³/mol. The molecule has 1 aromatic carbocycles. The van der Waals surface area contributed by atoms with Crippen LogP contribution in [0.4, 0.5) is 0 Å². The van der Waals surface area contributed by atoms with Gasteiger partial charge in [0.15, 0.2) is 0 Å². The molecule has 0 saturated carbocycles. The second-order valence-electron chi connectivity index (χ2n) is 7.70. The summed E-state index contributed by atoms with van der Waals surface area (Å²) in [6.07, 6.45) is 4.21. The van der Waals surface area contributed by atoms with Gasteiger partial charge in [-0.2, -0.15) is 4.98 Å². The topological polar surface area (TPSA) is 93.8 Å². The van der Waals surface area contributed by atoms with Crippen LogP contribution in [0, 0.1) is 5.92 Å². The first kappa shape index (κ1) is 22.1. The van der Waals surface area contributed by atoms with E-state index in [2.05, 4.69) is 25.4 Å². The van der Waals surface area contributed by atoms with Gasteiger partial charge in [-0.15, -0.1) is 11.3 Å². The summed E-state index contributed by atoms with van der Waals surface area (Å²) in [5.41, 5.74) is 2.57. The Morgan fingerprint density at radius 2 is 2.09 bits per heavy atom. The van der Waals surface area contributed by atoms with Gasteiger partial charge in [-0.3, -0.25) is 9.78 Å². The van der Waals surface area contributed by atoms with Gasteiger partial charge < -0.3 is 9.84 Å². The van der Waals surface area contributed by atoms with Crippen molar-refractivity contribution in [3.63, 3.8) is 0 Å². The van der Waals surface area contributed by atoms with Crippen molar-refractivity contribution in [1.82, 2.24) is 25.4 Å². The molecular weight excluding hydrogens is 446 g/mol. The van der Waals surface area contributed by atoms with Crippen LogP contribution in [0.1, 0.15) is 42.0 Å². The van der Waals surface area contributed by atoms with Crippen molar-refractivity contribution in [3.05, 3.63) is 81.4 Å². The first-order valence-corrected chi connectivity index (χ1v) is 11.4. The number of carbonyl (C=O) groups excluding carboxylic acids is 1. The Morgan fingerprint density at radius 1 is 1.22 bits per heavy atom. The van der Waals surface area contributed by atoms with Crippen LogP contribution in [-0.4, -0.2) is 26.0 Å². The van der Waals surface area contributed by atoms with E-state index in [-0.39, 0.29) is 18.2 Å². The van der Waals surface area contributed by atoms with Crippen molar-refractivity contribution in [3.8, 4) is 11.4 Å². The Bertz CT molecular complexity index is 1190. The summed E-state index contributed by atoms with van der Waals surface area (Å²) < 4.78 is 5.45. The highest BCUT2D eigenvalue weighted by atomic mass is 35.5. The third kappa shape index (κ3) is 5.57. The summed E-state index contributed by atoms with van der Waals surface area (Å²) in [7, 11) is 0. The number of halogens is 1. The largest absolute Gasteiger partial charge is 0.344 e. The lowest BCUT2D eigenvalue weighted by molar-refractivity contribution is -0.121. The van der Waals surface area contributed by atoms with Crippen LogP contribution in [-0.2, 0) is 17.6 Å². The number of pyridine rings is 1. The van der Waals surface area contributed by atoms with Crippen LogP contribution in [0.5, 0.6) is 0 Å². The van der Waals surface area contributed by atoms with Crippen LogP contribution in [0.25, 0.3) is 11.4 Å². The number of hydrogen-bond donors (Lipinski definition) is 1. The Hall–Kier alpha value is -3.10. The highest BCUT2D eigenvalue weighted by Crippen LogP contribution is 2.24. The molecule has 4 rings (SSSR count). The second kappa shape index (κ2) is 10.0. The normalized spacial score (nSPS) is 12.1. The van der Waals surface area contributed by atoms with E-state index in [1.54, 1.807) is 12.4 Å². The number of carbonyl (C=O) groups is 1. The van der Waals surface area contributed by atoms with Crippen molar-refractivity contribution < 1.29 is 9.32 Å². The van der Waals surface area contributed by atoms with Crippen LogP contribution < -0.4 is 5.32 Å². The standard InChI is InChI=1S/C23H22ClN5O2S/c1-14(2)21(23-28-22(29-31-23)16-6-4-8-25-12-16)27-19(30)11-18-13-32-20(26-18)10-15-5-3-7-17(24)9-15/h3-9,12-14,21H,10-11H2,1-2H3,(H,27,30). The SMILES string of the molecule is CC(C)C(NC(=O)Cc1csc(Cc2cccc(Cl)c2)n1)c1nc(-c2cccnc2)no1. The number of benzene rings is 1. The summed E-state index contributed by atoms with van der Waals surface area (Å²) in [6, 6.07) is 11.0. The predicted octanol–water partition coefficient (Wildman–Crippen LogP) is 4.89. The molecule has 0 aliphatic heterocycles. The summed E-state index contributed by atoms with van der Waals surface area (Å²) in [5, 5.41) is 10.6. The maximum atomic E-state index is 12.7. The molecular formula is C23H22ClN5O2S. The van der Waals surface area contributed by atoms with E-state index in [0.29, 0.717) is 23.2 Å². The van der Waals surface area contributed by atoms with E-state index in [0.717, 1.165) is 21.8 Å². The lowest BCUT2D eigenvalue weighted by Gasteiger charge is -2.18. The van der Waals surface area contributed by atoms with E-state index in [4.69, 9.17) is 16.1 Å². The minimum Gasteiger partial charge on any atom is -0.344 e. The molecule has 3 aromatic heterocycles. The summed E-state index contributed by atoms with van der Waals surface area (Å²) in [5.74, 6) is 0.727. The van der Waals surface area contributed by atoms with E-state index >= 15 is 0 Å². The van der Waals surface area contributed by atoms with E-state index in [1.165, 1.54) is 11.3 Å². The fourth-order valence-electron chi connectivity index (χ4n) is 3.21. The number of thiazole rings is 1. The monoisotopic (exact) mass is 467 g/mol. The zero-order valence-corrected chi connectivity index (χ0v) is 19.2. The molecule has 1 unspecified atom stereocenters. The number of nitrogens with one attached hydrogen (secondary N) is 1. The number of nitrogens with zero attached hydrogens (tertiary/aromatic N) is 4. The molecule has 0 aliphatic rings. The highest BCUT2D eigenvalue weighted by molar-refractivity contribution is 7.09. The molecule has 1 amide bonds. The summed E-state index contributed by atoms with van der Waals surface area (Å²) in [6.45, 7) is 3.98. The number of amides is 1. The molecule has 3 heterocycles. The lowest BCUT2D eigenvalue weighted by Crippen LogP contribution is -2.33. The Balaban J connectivity index is 1.40. The molecule has 1 N–H and O–H groups in total. The van der Waals surface area contributed by atoms with Gasteiger partial charge in [0.1, 0.15) is 6.04 Å². The molecule has 0 fully saturated rings. The summed E-state index contributed by atoms with van der Waals surface area (Å²) in [4.78, 5) is 25.9. The fraction of sp³-hybridized carbons (Fsp3) is 0.261. The molecule has 0 bridgehead atoms. The van der Waals surface area contributed by atoms with Gasteiger partial charge in [-0.1, -0.05) is 42.7 Å². The van der Waals surface area contributed by atoms with Crippen LogP contribution >= 0.6 is 22.9 Å². The Labute approximate surface area is 194 Å². The number of hydrogen-bond acceptors (Lipinski definition) is 7. The lowest BCUT2D eigenvalue weighted by atomic mass is 10.0. The molecule has 0 radical (unpaired) electrons. The fourth-order valence-corrected chi connectivity index (χ4v) is 4.25. The number of rotatable bonds is 8. The van der Waals surface area contributed by atoms with E-state index in [1.807, 2.05) is 55.6 Å². The van der Waals surface area contributed by atoms with Crippen LogP contribution in [0.3, 0.4) is 0 Å².